The number of nitrogens with one attached hydrogen (secondary N) is 2. The normalized spacial score (nSPS) is 20.7. The summed E-state index contributed by atoms with van der Waals surface area (Å²) in [6, 6.07) is 5.04. The summed E-state index contributed by atoms with van der Waals surface area (Å²) in [4.78, 5) is 35.7. The summed E-state index contributed by atoms with van der Waals surface area (Å²) >= 11 is 5.88. The molecular formula is C18H23ClN2O5. The minimum Gasteiger partial charge on any atom is -0.481 e. The number of rotatable bonds is 5. The van der Waals surface area contributed by atoms with Crippen LogP contribution in [0.4, 0.5) is 0 Å². The number of halogens is 1. The summed E-state index contributed by atoms with van der Waals surface area (Å²) in [5, 5.41) is 9.81. The van der Waals surface area contributed by atoms with Gasteiger partial charge in [0.25, 0.3) is 5.91 Å². The Bertz CT molecular complexity index is 694. The standard InChI is InChI=1S/C18H23ClN2O5/c1-10-9-12(19)7-8-15(10)26-11(2)16(22)20-21-17(23)13-5-3-4-6-14(13)18(24)25/h7-9,11,13-14H,3-6H2,1-2H3,(H,20,22)(H,21,23)(H,24,25)/t11-,13-,14-/m1/s1. The Hall–Kier alpha value is -2.28. The van der Waals surface area contributed by atoms with Crippen LogP contribution in [0.2, 0.25) is 5.02 Å². The lowest BCUT2D eigenvalue weighted by Crippen LogP contribution is -2.51. The highest BCUT2D eigenvalue weighted by molar-refractivity contribution is 6.30. The second-order valence-corrected chi connectivity index (χ2v) is 6.92. The number of carbonyl (C=O) groups excluding carboxylic acids is 2. The maximum Gasteiger partial charge on any atom is 0.307 e. The van der Waals surface area contributed by atoms with Gasteiger partial charge in [-0.25, -0.2) is 0 Å². The van der Waals surface area contributed by atoms with Crippen molar-refractivity contribution in [2.75, 3.05) is 0 Å². The second-order valence-electron chi connectivity index (χ2n) is 6.48. The number of carbonyl (C=O) groups is 3. The Kier molecular flexibility index (Phi) is 6.85. The summed E-state index contributed by atoms with van der Waals surface area (Å²) in [7, 11) is 0. The van der Waals surface area contributed by atoms with E-state index in [2.05, 4.69) is 10.9 Å². The predicted molar refractivity (Wildman–Crippen MR) is 95.6 cm³/mol. The number of aryl methyl sites for hydroxylation is 1. The molecule has 2 amide bonds. The average molecular weight is 383 g/mol. The number of benzene rings is 1. The minimum atomic E-state index is -0.980. The van der Waals surface area contributed by atoms with Gasteiger partial charge in [0.1, 0.15) is 5.75 Å². The van der Waals surface area contributed by atoms with Crippen LogP contribution in [0.25, 0.3) is 0 Å². The Morgan fingerprint density at radius 1 is 1.19 bits per heavy atom. The first-order chi connectivity index (χ1) is 12.3. The molecular weight excluding hydrogens is 360 g/mol. The van der Waals surface area contributed by atoms with Crippen molar-refractivity contribution in [2.24, 2.45) is 11.8 Å². The van der Waals surface area contributed by atoms with Gasteiger partial charge in [0.2, 0.25) is 5.91 Å². The summed E-state index contributed by atoms with van der Waals surface area (Å²) in [6.07, 6.45) is 1.70. The largest absolute Gasteiger partial charge is 0.481 e. The zero-order valence-corrected chi connectivity index (χ0v) is 15.5. The molecule has 1 aliphatic rings. The lowest BCUT2D eigenvalue weighted by atomic mass is 9.79. The molecule has 1 aliphatic carbocycles. The van der Waals surface area contributed by atoms with E-state index in [9.17, 15) is 19.5 Å². The van der Waals surface area contributed by atoms with Crippen LogP contribution in [-0.4, -0.2) is 29.0 Å². The van der Waals surface area contributed by atoms with Gasteiger partial charge in [-0.2, -0.15) is 0 Å². The van der Waals surface area contributed by atoms with Crippen molar-refractivity contribution in [1.29, 1.82) is 0 Å². The Labute approximate surface area is 157 Å². The first kappa shape index (κ1) is 20.0. The smallest absolute Gasteiger partial charge is 0.307 e. The number of hydrogen-bond acceptors (Lipinski definition) is 4. The monoisotopic (exact) mass is 382 g/mol. The molecule has 8 heteroatoms. The van der Waals surface area contributed by atoms with Crippen LogP contribution in [0, 0.1) is 18.8 Å². The van der Waals surface area contributed by atoms with Crippen LogP contribution < -0.4 is 15.6 Å². The van der Waals surface area contributed by atoms with Crippen molar-refractivity contribution in [3.05, 3.63) is 28.8 Å². The molecule has 0 saturated heterocycles. The van der Waals surface area contributed by atoms with E-state index in [0.717, 1.165) is 18.4 Å². The van der Waals surface area contributed by atoms with Crippen molar-refractivity contribution in [1.82, 2.24) is 10.9 Å². The highest BCUT2D eigenvalue weighted by atomic mass is 35.5. The van der Waals surface area contributed by atoms with E-state index < -0.39 is 35.7 Å². The predicted octanol–water partition coefficient (Wildman–Crippen LogP) is 2.45. The molecule has 1 fully saturated rings. The number of ether oxygens (including phenoxy) is 1. The second kappa shape index (κ2) is 8.89. The maximum absolute atomic E-state index is 12.2. The molecule has 3 atom stereocenters. The molecule has 0 unspecified atom stereocenters. The highest BCUT2D eigenvalue weighted by Crippen LogP contribution is 2.30. The fourth-order valence-electron chi connectivity index (χ4n) is 3.05. The Morgan fingerprint density at radius 3 is 2.46 bits per heavy atom. The summed E-state index contributed by atoms with van der Waals surface area (Å²) in [5.74, 6) is -2.84. The minimum absolute atomic E-state index is 0.469. The first-order valence-electron chi connectivity index (χ1n) is 8.55. The van der Waals surface area contributed by atoms with E-state index in [1.807, 2.05) is 6.92 Å². The summed E-state index contributed by atoms with van der Waals surface area (Å²) in [5.41, 5.74) is 5.42. The average Bonchev–Trinajstić information content (AvgIpc) is 2.61. The van der Waals surface area contributed by atoms with Crippen molar-refractivity contribution in [2.45, 2.75) is 45.6 Å². The van der Waals surface area contributed by atoms with Crippen molar-refractivity contribution in [3.63, 3.8) is 0 Å². The van der Waals surface area contributed by atoms with Crippen LogP contribution in [0.5, 0.6) is 5.75 Å². The summed E-state index contributed by atoms with van der Waals surface area (Å²) < 4.78 is 5.58. The number of carboxylic acid groups (broad SMARTS) is 1. The van der Waals surface area contributed by atoms with Gasteiger partial charge in [-0.3, -0.25) is 25.2 Å². The summed E-state index contributed by atoms with van der Waals surface area (Å²) in [6.45, 7) is 3.36. The van der Waals surface area contributed by atoms with Crippen LogP contribution in [0.3, 0.4) is 0 Å². The van der Waals surface area contributed by atoms with E-state index in [1.165, 1.54) is 0 Å². The van der Waals surface area contributed by atoms with Gasteiger partial charge in [-0.05, 0) is 50.5 Å². The van der Waals surface area contributed by atoms with E-state index in [1.54, 1.807) is 25.1 Å². The van der Waals surface area contributed by atoms with Gasteiger partial charge in [-0.1, -0.05) is 24.4 Å². The molecule has 0 aliphatic heterocycles. The third-order valence-corrected chi connectivity index (χ3v) is 4.77. The van der Waals surface area contributed by atoms with Crippen molar-refractivity contribution < 1.29 is 24.2 Å². The third-order valence-electron chi connectivity index (χ3n) is 4.54. The number of hydrazine groups is 1. The third kappa shape index (κ3) is 5.11. The molecule has 0 radical (unpaired) electrons. The lowest BCUT2D eigenvalue weighted by molar-refractivity contribution is -0.149. The molecule has 0 heterocycles. The topological polar surface area (TPSA) is 105 Å². The van der Waals surface area contributed by atoms with Crippen LogP contribution >= 0.6 is 11.6 Å². The number of amides is 2. The zero-order valence-electron chi connectivity index (χ0n) is 14.8. The lowest BCUT2D eigenvalue weighted by Gasteiger charge is -2.27. The van der Waals surface area contributed by atoms with Gasteiger partial charge < -0.3 is 9.84 Å². The molecule has 3 N–H and O–H groups in total. The quantitative estimate of drug-likeness (QED) is 0.678. The van der Waals surface area contributed by atoms with Gasteiger partial charge >= 0.3 is 5.97 Å². The van der Waals surface area contributed by atoms with E-state index in [0.29, 0.717) is 23.6 Å². The Morgan fingerprint density at radius 2 is 1.85 bits per heavy atom. The highest BCUT2D eigenvalue weighted by Gasteiger charge is 2.36. The number of aliphatic carboxylic acids is 1. The molecule has 0 bridgehead atoms. The molecule has 1 aromatic rings. The Balaban J connectivity index is 1.88. The molecule has 7 nitrogen and oxygen atoms in total. The van der Waals surface area contributed by atoms with Gasteiger partial charge in [0, 0.05) is 5.02 Å². The molecule has 1 aromatic carbocycles. The van der Waals surface area contributed by atoms with Crippen LogP contribution in [0.1, 0.15) is 38.2 Å². The van der Waals surface area contributed by atoms with Crippen molar-refractivity contribution in [3.8, 4) is 5.75 Å². The van der Waals surface area contributed by atoms with Gasteiger partial charge in [-0.15, -0.1) is 0 Å². The van der Waals surface area contributed by atoms with E-state index in [-0.39, 0.29) is 0 Å². The van der Waals surface area contributed by atoms with Crippen LogP contribution in [-0.2, 0) is 14.4 Å². The zero-order chi connectivity index (χ0) is 19.3. The van der Waals surface area contributed by atoms with Crippen LogP contribution in [0.15, 0.2) is 18.2 Å². The van der Waals surface area contributed by atoms with Crippen molar-refractivity contribution >= 4 is 29.4 Å². The first-order valence-corrected chi connectivity index (χ1v) is 8.92. The van der Waals surface area contributed by atoms with E-state index >= 15 is 0 Å². The SMILES string of the molecule is Cc1cc(Cl)ccc1O[C@H](C)C(=O)NNC(=O)[C@@H]1CCCC[C@H]1C(=O)O. The number of hydrogen-bond donors (Lipinski definition) is 3. The van der Waals surface area contributed by atoms with Gasteiger partial charge in [0.05, 0.1) is 11.8 Å². The molecule has 0 spiro atoms. The fourth-order valence-corrected chi connectivity index (χ4v) is 3.27. The molecule has 142 valence electrons. The van der Waals surface area contributed by atoms with Gasteiger partial charge in [0.15, 0.2) is 6.10 Å². The molecule has 0 aromatic heterocycles. The fraction of sp³-hybridized carbons (Fsp3) is 0.500. The van der Waals surface area contributed by atoms with E-state index in [4.69, 9.17) is 16.3 Å². The number of carboxylic acids is 1. The maximum atomic E-state index is 12.2. The molecule has 1 saturated carbocycles. The molecule has 26 heavy (non-hydrogen) atoms. The molecule has 2 rings (SSSR count).